The van der Waals surface area contributed by atoms with Gasteiger partial charge in [-0.15, -0.1) is 0 Å². The molecule has 1 heterocycles. The fraction of sp³-hybridized carbons (Fsp3) is 0.125. The maximum atomic E-state index is 5.30. The molecule has 3 nitrogen and oxygen atoms in total. The molecule has 0 aliphatic rings. The highest BCUT2D eigenvalue weighted by Crippen LogP contribution is 2.31. The van der Waals surface area contributed by atoms with Crippen LogP contribution in [0.15, 0.2) is 48.7 Å². The lowest BCUT2D eigenvalue weighted by Gasteiger charge is -2.08. The summed E-state index contributed by atoms with van der Waals surface area (Å²) in [5, 5.41) is 1.21. The molecular weight excluding hydrogens is 238 g/mol. The van der Waals surface area contributed by atoms with E-state index in [0.29, 0.717) is 0 Å². The fourth-order valence-corrected chi connectivity index (χ4v) is 2.20. The highest BCUT2D eigenvalue weighted by atomic mass is 16.5. The third-order valence-corrected chi connectivity index (χ3v) is 3.24. The van der Waals surface area contributed by atoms with Gasteiger partial charge in [-0.1, -0.05) is 12.1 Å². The van der Waals surface area contributed by atoms with Crippen LogP contribution in [0.25, 0.3) is 22.0 Å². The lowest BCUT2D eigenvalue weighted by Crippen LogP contribution is -1.88. The van der Waals surface area contributed by atoms with E-state index in [9.17, 15) is 0 Å². The second-order valence-electron chi connectivity index (χ2n) is 4.38. The molecule has 0 aliphatic carbocycles. The SMILES string of the molecule is COc1cc(OC)cc(-c2ccc3cc[nH]c3c2)c1. The molecule has 19 heavy (non-hydrogen) atoms. The van der Waals surface area contributed by atoms with E-state index in [1.54, 1.807) is 14.2 Å². The fourth-order valence-electron chi connectivity index (χ4n) is 2.20. The van der Waals surface area contributed by atoms with E-state index in [-0.39, 0.29) is 0 Å². The third kappa shape index (κ3) is 2.15. The van der Waals surface area contributed by atoms with Gasteiger partial charge >= 0.3 is 0 Å². The number of aromatic nitrogens is 1. The maximum absolute atomic E-state index is 5.30. The van der Waals surface area contributed by atoms with Crippen LogP contribution in [0, 0.1) is 0 Å². The monoisotopic (exact) mass is 253 g/mol. The standard InChI is InChI=1S/C16H15NO2/c1-18-14-7-13(8-15(10-14)19-2)12-4-3-11-5-6-17-16(11)9-12/h3-10,17H,1-2H3. The summed E-state index contributed by atoms with van der Waals surface area (Å²) >= 11 is 0. The number of fused-ring (bicyclic) bond motifs is 1. The number of benzene rings is 2. The summed E-state index contributed by atoms with van der Waals surface area (Å²) in [6, 6.07) is 14.3. The maximum Gasteiger partial charge on any atom is 0.123 e. The molecule has 2 aromatic carbocycles. The first kappa shape index (κ1) is 11.7. The van der Waals surface area contributed by atoms with Crippen molar-refractivity contribution >= 4 is 10.9 Å². The minimum Gasteiger partial charge on any atom is -0.497 e. The van der Waals surface area contributed by atoms with Gasteiger partial charge in [-0.2, -0.15) is 0 Å². The second-order valence-corrected chi connectivity index (χ2v) is 4.38. The largest absolute Gasteiger partial charge is 0.497 e. The van der Waals surface area contributed by atoms with Crippen molar-refractivity contribution in [2.75, 3.05) is 14.2 Å². The van der Waals surface area contributed by atoms with E-state index >= 15 is 0 Å². The normalized spacial score (nSPS) is 10.6. The van der Waals surface area contributed by atoms with Crippen molar-refractivity contribution in [2.24, 2.45) is 0 Å². The number of H-pyrrole nitrogens is 1. The Hall–Kier alpha value is -2.42. The Bertz CT molecular complexity index is 693. The zero-order valence-electron chi connectivity index (χ0n) is 10.9. The molecule has 96 valence electrons. The van der Waals surface area contributed by atoms with E-state index in [1.165, 1.54) is 5.39 Å². The topological polar surface area (TPSA) is 34.2 Å². The predicted molar refractivity (Wildman–Crippen MR) is 76.8 cm³/mol. The van der Waals surface area contributed by atoms with Crippen LogP contribution in [-0.2, 0) is 0 Å². The molecule has 0 fully saturated rings. The lowest BCUT2D eigenvalue weighted by atomic mass is 10.0. The van der Waals surface area contributed by atoms with Crippen LogP contribution in [0.3, 0.4) is 0 Å². The molecule has 0 spiro atoms. The highest BCUT2D eigenvalue weighted by molar-refractivity contribution is 5.85. The van der Waals surface area contributed by atoms with E-state index in [0.717, 1.165) is 28.1 Å². The summed E-state index contributed by atoms with van der Waals surface area (Å²) in [4.78, 5) is 3.22. The van der Waals surface area contributed by atoms with Crippen LogP contribution in [0.1, 0.15) is 0 Å². The minimum absolute atomic E-state index is 0.793. The van der Waals surface area contributed by atoms with Gasteiger partial charge in [0.1, 0.15) is 11.5 Å². The van der Waals surface area contributed by atoms with Gasteiger partial charge in [-0.25, -0.2) is 0 Å². The van der Waals surface area contributed by atoms with Crippen molar-refractivity contribution < 1.29 is 9.47 Å². The van der Waals surface area contributed by atoms with Gasteiger partial charge < -0.3 is 14.5 Å². The zero-order chi connectivity index (χ0) is 13.2. The first-order chi connectivity index (χ1) is 9.30. The summed E-state index contributed by atoms with van der Waals surface area (Å²) in [6.45, 7) is 0. The van der Waals surface area contributed by atoms with Crippen molar-refractivity contribution in [3.8, 4) is 22.6 Å². The van der Waals surface area contributed by atoms with Gasteiger partial charge in [0.2, 0.25) is 0 Å². The summed E-state index contributed by atoms with van der Waals surface area (Å²) in [7, 11) is 3.32. The smallest absolute Gasteiger partial charge is 0.123 e. The minimum atomic E-state index is 0.793. The number of rotatable bonds is 3. The Morgan fingerprint density at radius 1 is 0.789 bits per heavy atom. The number of hydrogen-bond donors (Lipinski definition) is 1. The van der Waals surface area contributed by atoms with E-state index in [2.05, 4.69) is 29.2 Å². The van der Waals surface area contributed by atoms with Gasteiger partial charge in [-0.3, -0.25) is 0 Å². The summed E-state index contributed by atoms with van der Waals surface area (Å²) in [6.07, 6.45) is 1.95. The number of ether oxygens (including phenoxy) is 2. The van der Waals surface area contributed by atoms with Gasteiger partial charge in [-0.05, 0) is 40.8 Å². The lowest BCUT2D eigenvalue weighted by molar-refractivity contribution is 0.394. The van der Waals surface area contributed by atoms with E-state index in [1.807, 2.05) is 24.4 Å². The molecule has 0 bridgehead atoms. The average molecular weight is 253 g/mol. The highest BCUT2D eigenvalue weighted by Gasteiger charge is 2.05. The molecule has 1 N–H and O–H groups in total. The zero-order valence-corrected chi connectivity index (χ0v) is 10.9. The average Bonchev–Trinajstić information content (AvgIpc) is 2.94. The third-order valence-electron chi connectivity index (χ3n) is 3.24. The molecule has 3 aromatic rings. The summed E-state index contributed by atoms with van der Waals surface area (Å²) in [5.74, 6) is 1.59. The summed E-state index contributed by atoms with van der Waals surface area (Å²) < 4.78 is 10.6. The Labute approximate surface area is 111 Å². The van der Waals surface area contributed by atoms with Gasteiger partial charge in [0.05, 0.1) is 14.2 Å². The van der Waals surface area contributed by atoms with Crippen molar-refractivity contribution in [1.29, 1.82) is 0 Å². The van der Waals surface area contributed by atoms with Gasteiger partial charge in [0.25, 0.3) is 0 Å². The molecule has 3 heteroatoms. The van der Waals surface area contributed by atoms with Crippen LogP contribution < -0.4 is 9.47 Å². The molecule has 0 atom stereocenters. The van der Waals surface area contributed by atoms with Gasteiger partial charge in [0.15, 0.2) is 0 Å². The van der Waals surface area contributed by atoms with Crippen molar-refractivity contribution in [1.82, 2.24) is 4.98 Å². The Morgan fingerprint density at radius 3 is 2.21 bits per heavy atom. The second kappa shape index (κ2) is 4.69. The molecule has 0 saturated heterocycles. The Balaban J connectivity index is 2.13. The number of aromatic amines is 1. The van der Waals surface area contributed by atoms with Crippen molar-refractivity contribution in [3.63, 3.8) is 0 Å². The molecule has 0 saturated carbocycles. The van der Waals surface area contributed by atoms with Crippen LogP contribution >= 0.6 is 0 Å². The molecular formula is C16H15NO2. The first-order valence-electron chi connectivity index (χ1n) is 6.11. The predicted octanol–water partition coefficient (Wildman–Crippen LogP) is 3.85. The Morgan fingerprint density at radius 2 is 1.53 bits per heavy atom. The number of nitrogens with one attached hydrogen (secondary N) is 1. The van der Waals surface area contributed by atoms with Crippen LogP contribution in [0.4, 0.5) is 0 Å². The molecule has 0 aliphatic heterocycles. The van der Waals surface area contributed by atoms with Crippen LogP contribution in [0.5, 0.6) is 11.5 Å². The quantitative estimate of drug-likeness (QED) is 0.769. The summed E-state index contributed by atoms with van der Waals surface area (Å²) in [5.41, 5.74) is 3.33. The molecule has 1 aromatic heterocycles. The van der Waals surface area contributed by atoms with Crippen molar-refractivity contribution in [3.05, 3.63) is 48.7 Å². The first-order valence-corrected chi connectivity index (χ1v) is 6.11. The van der Waals surface area contributed by atoms with Crippen LogP contribution in [0.2, 0.25) is 0 Å². The number of hydrogen-bond acceptors (Lipinski definition) is 2. The van der Waals surface area contributed by atoms with Crippen LogP contribution in [-0.4, -0.2) is 19.2 Å². The number of methoxy groups -OCH3 is 2. The molecule has 0 amide bonds. The van der Waals surface area contributed by atoms with Gasteiger partial charge in [0, 0.05) is 17.8 Å². The Kier molecular flexibility index (Phi) is 2.88. The molecule has 0 unspecified atom stereocenters. The van der Waals surface area contributed by atoms with E-state index in [4.69, 9.17) is 9.47 Å². The molecule has 3 rings (SSSR count). The van der Waals surface area contributed by atoms with E-state index < -0.39 is 0 Å². The molecule has 0 radical (unpaired) electrons. The van der Waals surface area contributed by atoms with Crippen molar-refractivity contribution in [2.45, 2.75) is 0 Å².